The predicted octanol–water partition coefficient (Wildman–Crippen LogP) is -0.856. The first-order chi connectivity index (χ1) is 9.92. The first-order valence-corrected chi connectivity index (χ1v) is 8.55. The Balaban J connectivity index is 0.00000242. The third-order valence-corrected chi connectivity index (χ3v) is 3.87. The van der Waals surface area contributed by atoms with Gasteiger partial charge in [-0.25, -0.2) is 13.1 Å². The predicted molar refractivity (Wildman–Crippen MR) is 87.1 cm³/mol. The van der Waals surface area contributed by atoms with Crippen LogP contribution in [0.25, 0.3) is 0 Å². The fourth-order valence-corrected chi connectivity index (χ4v) is 2.74. The molecule has 22 heavy (non-hydrogen) atoms. The zero-order valence-corrected chi connectivity index (χ0v) is 13.8. The van der Waals surface area contributed by atoms with Crippen molar-refractivity contribution in [2.45, 2.75) is 12.5 Å². The SMILES string of the molecule is CS(=O)(=O)NCCCOc1cccc2c1B(O)OC2CN.Cl. The van der Waals surface area contributed by atoms with Gasteiger partial charge >= 0.3 is 7.12 Å². The van der Waals surface area contributed by atoms with Crippen LogP contribution in [-0.4, -0.2) is 46.5 Å². The summed E-state index contributed by atoms with van der Waals surface area (Å²) < 4.78 is 35.2. The molecule has 1 aliphatic heterocycles. The van der Waals surface area contributed by atoms with Crippen LogP contribution in [0, 0.1) is 0 Å². The number of sulfonamides is 1. The minimum absolute atomic E-state index is 0. The lowest BCUT2D eigenvalue weighted by molar-refractivity contribution is 0.198. The van der Waals surface area contributed by atoms with Gasteiger partial charge < -0.3 is 20.1 Å². The molecule has 1 aliphatic rings. The zero-order valence-electron chi connectivity index (χ0n) is 12.2. The van der Waals surface area contributed by atoms with E-state index in [1.165, 1.54) is 0 Å². The van der Waals surface area contributed by atoms with Gasteiger partial charge in [0.25, 0.3) is 0 Å². The smallest absolute Gasteiger partial charge is 0.494 e. The highest BCUT2D eigenvalue weighted by molar-refractivity contribution is 7.88. The molecule has 7 nitrogen and oxygen atoms in total. The Labute approximate surface area is 136 Å². The van der Waals surface area contributed by atoms with Gasteiger partial charge in [0, 0.05) is 18.6 Å². The molecule has 1 heterocycles. The minimum Gasteiger partial charge on any atom is -0.494 e. The number of nitrogens with one attached hydrogen (secondary N) is 1. The molecule has 0 bridgehead atoms. The van der Waals surface area contributed by atoms with E-state index < -0.39 is 17.1 Å². The summed E-state index contributed by atoms with van der Waals surface area (Å²) in [6, 6.07) is 5.41. The highest BCUT2D eigenvalue weighted by Gasteiger charge is 2.37. The highest BCUT2D eigenvalue weighted by Crippen LogP contribution is 2.26. The number of benzene rings is 1. The average molecular weight is 351 g/mol. The van der Waals surface area contributed by atoms with E-state index in [0.29, 0.717) is 30.8 Å². The van der Waals surface area contributed by atoms with Gasteiger partial charge in [0.1, 0.15) is 5.75 Å². The average Bonchev–Trinajstić information content (AvgIpc) is 2.75. The summed E-state index contributed by atoms with van der Waals surface area (Å²) in [4.78, 5) is 0. The Morgan fingerprint density at radius 3 is 2.86 bits per heavy atom. The molecule has 1 unspecified atom stereocenters. The van der Waals surface area contributed by atoms with Crippen molar-refractivity contribution in [3.05, 3.63) is 23.8 Å². The monoisotopic (exact) mass is 350 g/mol. The summed E-state index contributed by atoms with van der Waals surface area (Å²) in [5.41, 5.74) is 7.03. The Hall–Kier alpha value is -0.835. The number of hydrogen-bond donors (Lipinski definition) is 3. The van der Waals surface area contributed by atoms with Gasteiger partial charge in [-0.3, -0.25) is 0 Å². The lowest BCUT2D eigenvalue weighted by Gasteiger charge is -2.11. The summed E-state index contributed by atoms with van der Waals surface area (Å²) in [5.74, 6) is 0.537. The van der Waals surface area contributed by atoms with E-state index in [1.807, 2.05) is 12.1 Å². The third kappa shape index (κ3) is 4.84. The van der Waals surface area contributed by atoms with Crippen LogP contribution >= 0.6 is 12.4 Å². The molecule has 0 saturated heterocycles. The van der Waals surface area contributed by atoms with Crippen LogP contribution in [0.5, 0.6) is 5.75 Å². The maximum atomic E-state index is 10.9. The molecule has 0 saturated carbocycles. The van der Waals surface area contributed by atoms with Gasteiger partial charge in [-0.05, 0) is 18.1 Å². The number of fused-ring (bicyclic) bond motifs is 1. The molecule has 10 heteroatoms. The first kappa shape index (κ1) is 19.2. The lowest BCUT2D eigenvalue weighted by Crippen LogP contribution is -2.30. The molecule has 0 fully saturated rings. The summed E-state index contributed by atoms with van der Waals surface area (Å²) >= 11 is 0. The molecule has 2 rings (SSSR count). The van der Waals surface area contributed by atoms with E-state index >= 15 is 0 Å². The quantitative estimate of drug-likeness (QED) is 0.436. The topological polar surface area (TPSA) is 111 Å². The van der Waals surface area contributed by atoms with Crippen molar-refractivity contribution in [3.63, 3.8) is 0 Å². The lowest BCUT2D eigenvalue weighted by atomic mass is 9.78. The Morgan fingerprint density at radius 1 is 1.50 bits per heavy atom. The van der Waals surface area contributed by atoms with Crippen molar-refractivity contribution in [1.82, 2.24) is 4.72 Å². The summed E-state index contributed by atoms with van der Waals surface area (Å²) in [6.45, 7) is 0.920. The molecular formula is C12H20BClN2O5S. The van der Waals surface area contributed by atoms with E-state index in [0.717, 1.165) is 11.8 Å². The number of ether oxygens (including phenoxy) is 1. The van der Waals surface area contributed by atoms with E-state index in [9.17, 15) is 13.4 Å². The van der Waals surface area contributed by atoms with Crippen LogP contribution in [0.2, 0.25) is 0 Å². The second kappa shape index (κ2) is 8.14. The normalized spacial score (nSPS) is 17.0. The van der Waals surface area contributed by atoms with E-state index in [2.05, 4.69) is 4.72 Å². The fraction of sp³-hybridized carbons (Fsp3) is 0.500. The van der Waals surface area contributed by atoms with Crippen LogP contribution in [0.15, 0.2) is 18.2 Å². The van der Waals surface area contributed by atoms with Crippen LogP contribution in [0.4, 0.5) is 0 Å². The number of nitrogens with two attached hydrogens (primary N) is 1. The fourth-order valence-electron chi connectivity index (χ4n) is 2.22. The van der Waals surface area contributed by atoms with Gasteiger partial charge in [0.15, 0.2) is 0 Å². The molecule has 0 spiro atoms. The second-order valence-corrected chi connectivity index (χ2v) is 6.67. The molecule has 124 valence electrons. The van der Waals surface area contributed by atoms with E-state index in [1.54, 1.807) is 6.07 Å². The van der Waals surface area contributed by atoms with Gasteiger partial charge in [0.2, 0.25) is 10.0 Å². The molecule has 0 radical (unpaired) electrons. The molecule has 0 aliphatic carbocycles. The van der Waals surface area contributed by atoms with Gasteiger partial charge in [-0.1, -0.05) is 12.1 Å². The summed E-state index contributed by atoms with van der Waals surface area (Å²) in [5, 5.41) is 9.92. The maximum absolute atomic E-state index is 10.9. The minimum atomic E-state index is -3.18. The molecule has 0 aromatic heterocycles. The maximum Gasteiger partial charge on any atom is 0.495 e. The second-order valence-electron chi connectivity index (χ2n) is 4.84. The van der Waals surface area contributed by atoms with Gasteiger partial charge in [0.05, 0.1) is 19.0 Å². The Bertz CT molecular complexity index is 601. The van der Waals surface area contributed by atoms with Crippen LogP contribution < -0.4 is 20.7 Å². The molecule has 1 atom stereocenters. The standard InChI is InChI=1S/C12H19BN2O5S.ClH/c1-21(17,18)15-6-3-7-19-10-5-2-4-9-11(8-14)20-13(16)12(9)10;/h2,4-5,11,15-16H,3,6-8,14H2,1H3;1H. The highest BCUT2D eigenvalue weighted by atomic mass is 35.5. The van der Waals surface area contributed by atoms with E-state index in [-0.39, 0.29) is 25.1 Å². The summed E-state index contributed by atoms with van der Waals surface area (Å²) in [6.07, 6.45) is 1.30. The Kier molecular flexibility index (Phi) is 7.11. The van der Waals surface area contributed by atoms with Crippen molar-refractivity contribution >= 4 is 35.0 Å². The summed E-state index contributed by atoms with van der Waals surface area (Å²) in [7, 11) is -4.22. The molecule has 1 aromatic carbocycles. The van der Waals surface area contributed by atoms with Gasteiger partial charge in [-0.2, -0.15) is 0 Å². The number of hydrogen-bond acceptors (Lipinski definition) is 6. The molecule has 0 amide bonds. The largest absolute Gasteiger partial charge is 0.495 e. The number of halogens is 1. The van der Waals surface area contributed by atoms with Crippen LogP contribution in [-0.2, 0) is 14.7 Å². The van der Waals surface area contributed by atoms with E-state index in [4.69, 9.17) is 15.1 Å². The molecule has 1 aromatic rings. The Morgan fingerprint density at radius 2 is 2.23 bits per heavy atom. The van der Waals surface area contributed by atoms with Crippen LogP contribution in [0.3, 0.4) is 0 Å². The molecular weight excluding hydrogens is 330 g/mol. The molecule has 4 N–H and O–H groups in total. The third-order valence-electron chi connectivity index (χ3n) is 3.14. The van der Waals surface area contributed by atoms with Crippen molar-refractivity contribution < 1.29 is 22.8 Å². The van der Waals surface area contributed by atoms with Crippen molar-refractivity contribution in [2.24, 2.45) is 5.73 Å². The first-order valence-electron chi connectivity index (χ1n) is 6.66. The van der Waals surface area contributed by atoms with Gasteiger partial charge in [-0.15, -0.1) is 12.4 Å². The zero-order chi connectivity index (χ0) is 15.5. The van der Waals surface area contributed by atoms with Crippen molar-refractivity contribution in [2.75, 3.05) is 26.0 Å². The number of rotatable bonds is 7. The van der Waals surface area contributed by atoms with Crippen molar-refractivity contribution in [1.29, 1.82) is 0 Å². The van der Waals surface area contributed by atoms with Crippen molar-refractivity contribution in [3.8, 4) is 5.75 Å². The van der Waals surface area contributed by atoms with Crippen LogP contribution in [0.1, 0.15) is 18.1 Å².